The fourth-order valence-electron chi connectivity index (χ4n) is 2.45. The molecule has 1 aromatic rings. The van der Waals surface area contributed by atoms with Gasteiger partial charge in [-0.3, -0.25) is 0 Å². The van der Waals surface area contributed by atoms with E-state index in [2.05, 4.69) is 56.3 Å². The molecule has 3 heteroatoms. The lowest BCUT2D eigenvalue weighted by atomic mass is 9.71. The zero-order valence-electron chi connectivity index (χ0n) is 11.5. The number of aromatic nitrogens is 3. The van der Waals surface area contributed by atoms with Gasteiger partial charge in [-0.2, -0.15) is 0 Å². The first-order valence-electron chi connectivity index (χ1n) is 6.14. The van der Waals surface area contributed by atoms with Gasteiger partial charge >= 0.3 is 0 Å². The summed E-state index contributed by atoms with van der Waals surface area (Å²) in [5.74, 6) is 0.725. The van der Waals surface area contributed by atoms with Crippen molar-refractivity contribution in [3.8, 4) is 0 Å². The fourth-order valence-corrected chi connectivity index (χ4v) is 2.45. The van der Waals surface area contributed by atoms with Gasteiger partial charge in [0.2, 0.25) is 0 Å². The van der Waals surface area contributed by atoms with Gasteiger partial charge in [-0.05, 0) is 31.6 Å². The maximum Gasteiger partial charge on any atom is 0.119 e. The minimum Gasteiger partial charge on any atom is -0.315 e. The van der Waals surface area contributed by atoms with Gasteiger partial charge in [-0.1, -0.05) is 34.1 Å². The fraction of sp³-hybridized carbons (Fsp3) is 0.846. The van der Waals surface area contributed by atoms with Gasteiger partial charge in [0.25, 0.3) is 0 Å². The van der Waals surface area contributed by atoms with Gasteiger partial charge in [0, 0.05) is 5.54 Å². The SMILES string of the molecule is CCC(C)C(C)(C)CC(C)(C)n1cnnc1. The van der Waals surface area contributed by atoms with Crippen molar-refractivity contribution in [1.29, 1.82) is 0 Å². The third-order valence-corrected chi connectivity index (χ3v) is 3.95. The summed E-state index contributed by atoms with van der Waals surface area (Å²) in [5.41, 5.74) is 0.416. The standard InChI is InChI=1S/C13H25N3/c1-7-11(2)12(3,4)8-13(5,6)16-9-14-15-10-16/h9-11H,7-8H2,1-6H3. The largest absolute Gasteiger partial charge is 0.315 e. The third-order valence-electron chi connectivity index (χ3n) is 3.95. The van der Waals surface area contributed by atoms with Crippen LogP contribution in [-0.4, -0.2) is 14.8 Å². The molecule has 1 atom stereocenters. The van der Waals surface area contributed by atoms with Crippen LogP contribution in [0.3, 0.4) is 0 Å². The van der Waals surface area contributed by atoms with E-state index in [1.54, 1.807) is 0 Å². The van der Waals surface area contributed by atoms with Crippen molar-refractivity contribution in [2.75, 3.05) is 0 Å². The Labute approximate surface area is 99.3 Å². The summed E-state index contributed by atoms with van der Waals surface area (Å²) in [7, 11) is 0. The quantitative estimate of drug-likeness (QED) is 0.765. The van der Waals surface area contributed by atoms with Crippen LogP contribution in [0.4, 0.5) is 0 Å². The van der Waals surface area contributed by atoms with Crippen molar-refractivity contribution in [2.24, 2.45) is 11.3 Å². The van der Waals surface area contributed by atoms with Gasteiger partial charge in [-0.25, -0.2) is 0 Å². The summed E-state index contributed by atoms with van der Waals surface area (Å²) in [6.45, 7) is 13.8. The van der Waals surface area contributed by atoms with E-state index in [1.807, 2.05) is 12.7 Å². The predicted molar refractivity (Wildman–Crippen MR) is 67.2 cm³/mol. The van der Waals surface area contributed by atoms with E-state index >= 15 is 0 Å². The highest BCUT2D eigenvalue weighted by molar-refractivity contribution is 4.88. The predicted octanol–water partition coefficient (Wildman–Crippen LogP) is 3.48. The monoisotopic (exact) mass is 223 g/mol. The van der Waals surface area contributed by atoms with E-state index in [0.717, 1.165) is 12.3 Å². The van der Waals surface area contributed by atoms with E-state index in [9.17, 15) is 0 Å². The molecule has 0 aliphatic rings. The lowest BCUT2D eigenvalue weighted by Crippen LogP contribution is -2.35. The zero-order chi connectivity index (χ0) is 12.4. The lowest BCUT2D eigenvalue weighted by Gasteiger charge is -2.39. The molecule has 92 valence electrons. The normalized spacial score (nSPS) is 15.1. The highest BCUT2D eigenvalue weighted by atomic mass is 15.3. The Bertz CT molecular complexity index is 312. The highest BCUT2D eigenvalue weighted by Crippen LogP contribution is 2.39. The summed E-state index contributed by atoms with van der Waals surface area (Å²) in [6.07, 6.45) is 5.98. The van der Waals surface area contributed by atoms with Crippen molar-refractivity contribution < 1.29 is 0 Å². The Balaban J connectivity index is 2.80. The maximum atomic E-state index is 3.90. The second-order valence-electron chi connectivity index (χ2n) is 6.16. The summed E-state index contributed by atoms with van der Waals surface area (Å²) in [6, 6.07) is 0. The number of hydrogen-bond acceptors (Lipinski definition) is 2. The van der Waals surface area contributed by atoms with Crippen LogP contribution in [0.15, 0.2) is 12.7 Å². The molecule has 16 heavy (non-hydrogen) atoms. The third kappa shape index (κ3) is 2.83. The summed E-state index contributed by atoms with van der Waals surface area (Å²) >= 11 is 0. The first-order valence-corrected chi connectivity index (χ1v) is 6.14. The zero-order valence-corrected chi connectivity index (χ0v) is 11.5. The molecule has 0 aliphatic carbocycles. The molecule has 0 N–H and O–H groups in total. The molecule has 1 heterocycles. The molecular weight excluding hydrogens is 198 g/mol. The lowest BCUT2D eigenvalue weighted by molar-refractivity contribution is 0.130. The molecular formula is C13H25N3. The molecule has 0 amide bonds. The average molecular weight is 223 g/mol. The summed E-state index contributed by atoms with van der Waals surface area (Å²) in [4.78, 5) is 0. The van der Waals surface area contributed by atoms with Gasteiger partial charge in [0.05, 0.1) is 0 Å². The van der Waals surface area contributed by atoms with Crippen LogP contribution in [0.5, 0.6) is 0 Å². The number of nitrogens with zero attached hydrogens (tertiary/aromatic N) is 3. The highest BCUT2D eigenvalue weighted by Gasteiger charge is 2.33. The van der Waals surface area contributed by atoms with Crippen LogP contribution in [0.25, 0.3) is 0 Å². The van der Waals surface area contributed by atoms with E-state index in [1.165, 1.54) is 6.42 Å². The minimum absolute atomic E-state index is 0.0798. The first kappa shape index (κ1) is 13.2. The molecule has 0 spiro atoms. The molecule has 1 rings (SSSR count). The molecule has 0 aromatic carbocycles. The van der Waals surface area contributed by atoms with Gasteiger partial charge in [-0.15, -0.1) is 10.2 Å². The number of rotatable bonds is 5. The van der Waals surface area contributed by atoms with E-state index in [-0.39, 0.29) is 5.54 Å². The van der Waals surface area contributed by atoms with Crippen molar-refractivity contribution in [2.45, 2.75) is 59.9 Å². The summed E-state index contributed by atoms with van der Waals surface area (Å²) in [5, 5.41) is 7.79. The van der Waals surface area contributed by atoms with Crippen LogP contribution in [-0.2, 0) is 5.54 Å². The molecule has 0 saturated carbocycles. The van der Waals surface area contributed by atoms with Gasteiger partial charge < -0.3 is 4.57 Å². The smallest absolute Gasteiger partial charge is 0.119 e. The minimum atomic E-state index is 0.0798. The van der Waals surface area contributed by atoms with Crippen LogP contribution in [0.1, 0.15) is 54.4 Å². The van der Waals surface area contributed by atoms with Crippen LogP contribution >= 0.6 is 0 Å². The van der Waals surface area contributed by atoms with Gasteiger partial charge in [0.15, 0.2) is 0 Å². The molecule has 0 saturated heterocycles. The summed E-state index contributed by atoms with van der Waals surface area (Å²) < 4.78 is 2.11. The van der Waals surface area contributed by atoms with Crippen molar-refractivity contribution in [3.05, 3.63) is 12.7 Å². The average Bonchev–Trinajstić information content (AvgIpc) is 2.68. The maximum absolute atomic E-state index is 3.90. The second-order valence-corrected chi connectivity index (χ2v) is 6.16. The molecule has 0 radical (unpaired) electrons. The molecule has 1 aromatic heterocycles. The van der Waals surface area contributed by atoms with Crippen LogP contribution < -0.4 is 0 Å². The van der Waals surface area contributed by atoms with Crippen molar-refractivity contribution >= 4 is 0 Å². The van der Waals surface area contributed by atoms with Crippen LogP contribution in [0, 0.1) is 11.3 Å². The molecule has 0 aliphatic heterocycles. The molecule has 3 nitrogen and oxygen atoms in total. The Kier molecular flexibility index (Phi) is 3.76. The van der Waals surface area contributed by atoms with E-state index in [4.69, 9.17) is 0 Å². The van der Waals surface area contributed by atoms with E-state index < -0.39 is 0 Å². The molecule has 0 bridgehead atoms. The van der Waals surface area contributed by atoms with Gasteiger partial charge in [0.1, 0.15) is 12.7 Å². The van der Waals surface area contributed by atoms with Crippen molar-refractivity contribution in [1.82, 2.24) is 14.8 Å². The second kappa shape index (κ2) is 4.56. The topological polar surface area (TPSA) is 30.7 Å². The van der Waals surface area contributed by atoms with Crippen molar-refractivity contribution in [3.63, 3.8) is 0 Å². The Hall–Kier alpha value is -0.860. The first-order chi connectivity index (χ1) is 7.29. The molecule has 1 unspecified atom stereocenters. The van der Waals surface area contributed by atoms with E-state index in [0.29, 0.717) is 5.41 Å². The Morgan fingerprint density at radius 2 is 1.62 bits per heavy atom. The number of hydrogen-bond donors (Lipinski definition) is 0. The Morgan fingerprint density at radius 1 is 1.12 bits per heavy atom. The van der Waals surface area contributed by atoms with Crippen LogP contribution in [0.2, 0.25) is 0 Å². The molecule has 0 fully saturated rings. The Morgan fingerprint density at radius 3 is 2.06 bits per heavy atom.